The van der Waals surface area contributed by atoms with Gasteiger partial charge in [-0.05, 0) is 24.6 Å². The first-order valence-corrected chi connectivity index (χ1v) is 7.29. The number of nitrogens with zero attached hydrogens (tertiary/aromatic N) is 3. The Kier molecular flexibility index (Phi) is 5.63. The lowest BCUT2D eigenvalue weighted by molar-refractivity contribution is 0.476. The Labute approximate surface area is 130 Å². The molecule has 6 heteroatoms. The summed E-state index contributed by atoms with van der Waals surface area (Å²) in [6, 6.07) is 9.77. The molecule has 1 aromatic heterocycles. The van der Waals surface area contributed by atoms with Gasteiger partial charge < -0.3 is 10.2 Å². The zero-order chi connectivity index (χ0) is 15.1. The number of H-pyrrole nitrogens is 1. The molecule has 21 heavy (non-hydrogen) atoms. The van der Waals surface area contributed by atoms with Gasteiger partial charge in [0.25, 0.3) is 0 Å². The number of aliphatic imine (C=N–C) groups is 1. The fourth-order valence-corrected chi connectivity index (χ4v) is 2.16. The Bertz CT molecular complexity index is 580. The first-order chi connectivity index (χ1) is 10.2. The normalized spacial score (nSPS) is 11.5. The molecule has 0 fully saturated rings. The van der Waals surface area contributed by atoms with Crippen LogP contribution >= 0.6 is 11.6 Å². The molecule has 112 valence electrons. The molecule has 5 nitrogen and oxygen atoms in total. The second-order valence-electron chi connectivity index (χ2n) is 4.70. The van der Waals surface area contributed by atoms with Crippen LogP contribution in [0.3, 0.4) is 0 Å². The molecule has 1 aromatic carbocycles. The van der Waals surface area contributed by atoms with Crippen LogP contribution in [0.15, 0.2) is 41.5 Å². The van der Waals surface area contributed by atoms with Crippen molar-refractivity contribution >= 4 is 17.6 Å². The molecule has 2 aromatic rings. The highest BCUT2D eigenvalue weighted by Gasteiger charge is 2.08. The topological polar surface area (TPSA) is 56.3 Å². The fourth-order valence-electron chi connectivity index (χ4n) is 1.96. The molecule has 0 aliphatic heterocycles. The third-order valence-electron chi connectivity index (χ3n) is 3.02. The number of aromatic nitrogens is 2. The molecular weight excluding hydrogens is 286 g/mol. The molecule has 0 saturated carbocycles. The Balaban J connectivity index is 2.06. The smallest absolute Gasteiger partial charge is 0.194 e. The molecular formula is C15H20ClN5. The number of guanidine groups is 1. The number of benzene rings is 1. The molecule has 0 atom stereocenters. The van der Waals surface area contributed by atoms with Gasteiger partial charge in [0.15, 0.2) is 5.96 Å². The largest absolute Gasteiger partial charge is 0.357 e. The third kappa shape index (κ3) is 4.49. The summed E-state index contributed by atoms with van der Waals surface area (Å²) in [5.74, 6) is 0.840. The second-order valence-corrected chi connectivity index (χ2v) is 5.11. The highest BCUT2D eigenvalue weighted by Crippen LogP contribution is 2.16. The number of halogens is 1. The quantitative estimate of drug-likeness (QED) is 0.659. The average Bonchev–Trinajstić information content (AvgIpc) is 2.99. The molecule has 0 radical (unpaired) electrons. The standard InChI is InChI=1S/C15H20ClN5/c1-3-17-15(18-10-13-8-9-19-20-13)21(2)11-12-6-4-5-7-14(12)16/h4-9H,3,10-11H2,1-2H3,(H,17,18)(H,19,20). The van der Waals surface area contributed by atoms with Crippen molar-refractivity contribution in [3.05, 3.63) is 52.8 Å². The summed E-state index contributed by atoms with van der Waals surface area (Å²) in [7, 11) is 2.00. The van der Waals surface area contributed by atoms with E-state index in [1.165, 1.54) is 0 Å². The van der Waals surface area contributed by atoms with Crippen LogP contribution in [0.1, 0.15) is 18.2 Å². The van der Waals surface area contributed by atoms with Crippen LogP contribution in [0.2, 0.25) is 5.02 Å². The molecule has 0 spiro atoms. The lowest BCUT2D eigenvalue weighted by Gasteiger charge is -2.22. The van der Waals surface area contributed by atoms with E-state index in [4.69, 9.17) is 11.6 Å². The number of rotatable bonds is 5. The van der Waals surface area contributed by atoms with Crippen LogP contribution in [0.4, 0.5) is 0 Å². The molecule has 1 heterocycles. The fraction of sp³-hybridized carbons (Fsp3) is 0.333. The maximum absolute atomic E-state index is 6.21. The van der Waals surface area contributed by atoms with E-state index >= 15 is 0 Å². The molecule has 0 amide bonds. The van der Waals surface area contributed by atoms with Crippen molar-refractivity contribution in [2.24, 2.45) is 4.99 Å². The van der Waals surface area contributed by atoms with Crippen LogP contribution < -0.4 is 5.32 Å². The van der Waals surface area contributed by atoms with Gasteiger partial charge in [-0.2, -0.15) is 5.10 Å². The average molecular weight is 306 g/mol. The minimum Gasteiger partial charge on any atom is -0.357 e. The zero-order valence-corrected chi connectivity index (χ0v) is 13.1. The van der Waals surface area contributed by atoms with E-state index in [0.717, 1.165) is 28.8 Å². The number of aromatic amines is 1. The summed E-state index contributed by atoms with van der Waals surface area (Å²) in [4.78, 5) is 6.66. The van der Waals surface area contributed by atoms with E-state index in [9.17, 15) is 0 Å². The number of nitrogens with one attached hydrogen (secondary N) is 2. The Morgan fingerprint density at radius 2 is 2.19 bits per heavy atom. The van der Waals surface area contributed by atoms with Crippen molar-refractivity contribution < 1.29 is 0 Å². The summed E-state index contributed by atoms with van der Waals surface area (Å²) < 4.78 is 0. The van der Waals surface area contributed by atoms with Crippen LogP contribution in [-0.4, -0.2) is 34.6 Å². The molecule has 0 saturated heterocycles. The van der Waals surface area contributed by atoms with Gasteiger partial charge in [-0.25, -0.2) is 4.99 Å². The highest BCUT2D eigenvalue weighted by molar-refractivity contribution is 6.31. The minimum absolute atomic E-state index is 0.565. The van der Waals surface area contributed by atoms with E-state index in [1.807, 2.05) is 37.4 Å². The number of hydrogen-bond donors (Lipinski definition) is 2. The zero-order valence-electron chi connectivity index (χ0n) is 12.3. The predicted molar refractivity (Wildman–Crippen MR) is 86.3 cm³/mol. The van der Waals surface area contributed by atoms with E-state index in [-0.39, 0.29) is 0 Å². The molecule has 0 bridgehead atoms. The maximum atomic E-state index is 6.21. The van der Waals surface area contributed by atoms with Crippen LogP contribution in [0.5, 0.6) is 0 Å². The van der Waals surface area contributed by atoms with Gasteiger partial charge in [-0.1, -0.05) is 29.8 Å². The molecule has 0 aliphatic carbocycles. The summed E-state index contributed by atoms with van der Waals surface area (Å²) in [6.07, 6.45) is 1.73. The Morgan fingerprint density at radius 1 is 1.38 bits per heavy atom. The predicted octanol–water partition coefficient (Wildman–Crippen LogP) is 2.66. The summed E-state index contributed by atoms with van der Waals surface area (Å²) in [5.41, 5.74) is 2.06. The van der Waals surface area contributed by atoms with Gasteiger partial charge in [-0.15, -0.1) is 0 Å². The number of hydrogen-bond acceptors (Lipinski definition) is 2. The lowest BCUT2D eigenvalue weighted by atomic mass is 10.2. The van der Waals surface area contributed by atoms with Crippen molar-refractivity contribution in [2.45, 2.75) is 20.0 Å². The van der Waals surface area contributed by atoms with Gasteiger partial charge in [0.2, 0.25) is 0 Å². The Morgan fingerprint density at radius 3 is 2.86 bits per heavy atom. The third-order valence-corrected chi connectivity index (χ3v) is 3.39. The summed E-state index contributed by atoms with van der Waals surface area (Å²) in [6.45, 7) is 4.13. The van der Waals surface area contributed by atoms with Crippen molar-refractivity contribution in [1.29, 1.82) is 0 Å². The van der Waals surface area contributed by atoms with Crippen LogP contribution in [0.25, 0.3) is 0 Å². The lowest BCUT2D eigenvalue weighted by Crippen LogP contribution is -2.38. The first kappa shape index (κ1) is 15.4. The molecule has 2 rings (SSSR count). The van der Waals surface area contributed by atoms with Crippen molar-refractivity contribution in [3.8, 4) is 0 Å². The van der Waals surface area contributed by atoms with Gasteiger partial charge in [-0.3, -0.25) is 5.10 Å². The van der Waals surface area contributed by atoms with E-state index in [2.05, 4.69) is 32.3 Å². The summed E-state index contributed by atoms with van der Waals surface area (Å²) >= 11 is 6.21. The second kappa shape index (κ2) is 7.69. The minimum atomic E-state index is 0.565. The first-order valence-electron chi connectivity index (χ1n) is 6.91. The van der Waals surface area contributed by atoms with Gasteiger partial charge in [0, 0.05) is 31.4 Å². The SMILES string of the molecule is CCNC(=NCc1ccn[nH]1)N(C)Cc1ccccc1Cl. The molecule has 0 aliphatic rings. The maximum Gasteiger partial charge on any atom is 0.194 e. The highest BCUT2D eigenvalue weighted by atomic mass is 35.5. The van der Waals surface area contributed by atoms with Crippen molar-refractivity contribution in [1.82, 2.24) is 20.4 Å². The Hall–Kier alpha value is -2.01. The van der Waals surface area contributed by atoms with E-state index in [0.29, 0.717) is 13.1 Å². The van der Waals surface area contributed by atoms with Gasteiger partial charge in [0.1, 0.15) is 0 Å². The van der Waals surface area contributed by atoms with Crippen LogP contribution in [-0.2, 0) is 13.1 Å². The van der Waals surface area contributed by atoms with Crippen molar-refractivity contribution in [3.63, 3.8) is 0 Å². The summed E-state index contributed by atoms with van der Waals surface area (Å²) in [5, 5.41) is 10.9. The van der Waals surface area contributed by atoms with Crippen LogP contribution in [0, 0.1) is 0 Å². The van der Waals surface area contributed by atoms with Gasteiger partial charge >= 0.3 is 0 Å². The van der Waals surface area contributed by atoms with Gasteiger partial charge in [0.05, 0.1) is 12.2 Å². The molecule has 0 unspecified atom stereocenters. The monoisotopic (exact) mass is 305 g/mol. The molecule has 2 N–H and O–H groups in total. The van der Waals surface area contributed by atoms with E-state index in [1.54, 1.807) is 6.20 Å². The van der Waals surface area contributed by atoms with E-state index < -0.39 is 0 Å². The van der Waals surface area contributed by atoms with Crippen molar-refractivity contribution in [2.75, 3.05) is 13.6 Å².